The molecule has 0 atom stereocenters. The quantitative estimate of drug-likeness (QED) is 0.771. The molecule has 0 fully saturated rings. The number of fused-ring (bicyclic) bond motifs is 3. The number of aromatic amines is 1. The van der Waals surface area contributed by atoms with E-state index in [0.29, 0.717) is 24.2 Å². The largest absolute Gasteiger partial charge is 0.261 e. The molecule has 1 aliphatic rings. The molecule has 124 valence electrons. The Morgan fingerprint density at radius 2 is 2.12 bits per heavy atom. The number of benzene rings is 1. The molecular weight excluding hydrogens is 331 g/mol. The van der Waals surface area contributed by atoms with Crippen molar-refractivity contribution in [2.75, 3.05) is 6.54 Å². The van der Waals surface area contributed by atoms with Crippen LogP contribution in [0.4, 0.5) is 4.39 Å². The van der Waals surface area contributed by atoms with Gasteiger partial charge in [0, 0.05) is 24.7 Å². The Labute approximate surface area is 138 Å². The monoisotopic (exact) mass is 346 g/mol. The maximum absolute atomic E-state index is 13.3. The van der Waals surface area contributed by atoms with Crippen molar-refractivity contribution in [3.05, 3.63) is 53.1 Å². The van der Waals surface area contributed by atoms with Crippen molar-refractivity contribution < 1.29 is 12.8 Å². The molecule has 24 heavy (non-hydrogen) atoms. The van der Waals surface area contributed by atoms with Gasteiger partial charge in [0.05, 0.1) is 11.1 Å². The maximum atomic E-state index is 13.3. The molecule has 0 amide bonds. The molecule has 3 aromatic rings. The van der Waals surface area contributed by atoms with Crippen LogP contribution in [-0.4, -0.2) is 34.4 Å². The summed E-state index contributed by atoms with van der Waals surface area (Å²) in [5.74, 6) is -0.443. The molecule has 0 spiro atoms. The van der Waals surface area contributed by atoms with Crippen LogP contribution in [0.5, 0.6) is 0 Å². The van der Waals surface area contributed by atoms with E-state index in [2.05, 4.69) is 15.2 Å². The van der Waals surface area contributed by atoms with Gasteiger partial charge in [-0.2, -0.15) is 9.40 Å². The van der Waals surface area contributed by atoms with E-state index in [-0.39, 0.29) is 11.4 Å². The standard InChI is InChI=1S/C16H15FN4O2S/c1-10-6-12(17)2-3-15(10)24(22,23)21-5-4-13-11(9-21)7-18-16-14(13)8-19-20-16/h2-3,6-8H,4-5,9H2,1H3,(H,18,19,20). The Morgan fingerprint density at radius 3 is 2.92 bits per heavy atom. The molecule has 8 heteroatoms. The Kier molecular flexibility index (Phi) is 3.40. The highest BCUT2D eigenvalue weighted by atomic mass is 32.2. The molecule has 6 nitrogen and oxygen atoms in total. The summed E-state index contributed by atoms with van der Waals surface area (Å²) >= 11 is 0. The summed E-state index contributed by atoms with van der Waals surface area (Å²) in [4.78, 5) is 4.43. The lowest BCUT2D eigenvalue weighted by molar-refractivity contribution is 0.391. The van der Waals surface area contributed by atoms with Crippen molar-refractivity contribution in [1.29, 1.82) is 0 Å². The Bertz CT molecular complexity index is 1050. The first-order valence-corrected chi connectivity index (χ1v) is 8.97. The number of aryl methyl sites for hydroxylation is 1. The van der Waals surface area contributed by atoms with Gasteiger partial charge < -0.3 is 0 Å². The van der Waals surface area contributed by atoms with Crippen molar-refractivity contribution >= 4 is 21.1 Å². The topological polar surface area (TPSA) is 79.0 Å². The van der Waals surface area contributed by atoms with Crippen LogP contribution < -0.4 is 0 Å². The fraction of sp³-hybridized carbons (Fsp3) is 0.250. The molecule has 0 aliphatic carbocycles. The average molecular weight is 346 g/mol. The van der Waals surface area contributed by atoms with Gasteiger partial charge in [0.15, 0.2) is 5.65 Å². The van der Waals surface area contributed by atoms with Gasteiger partial charge in [-0.1, -0.05) is 0 Å². The highest BCUT2D eigenvalue weighted by Crippen LogP contribution is 2.29. The first-order valence-electron chi connectivity index (χ1n) is 7.53. The van der Waals surface area contributed by atoms with E-state index in [1.54, 1.807) is 19.3 Å². The Morgan fingerprint density at radius 1 is 1.29 bits per heavy atom. The minimum atomic E-state index is -3.68. The summed E-state index contributed by atoms with van der Waals surface area (Å²) in [5, 5.41) is 7.74. The number of rotatable bonds is 2. The van der Waals surface area contributed by atoms with E-state index in [1.165, 1.54) is 22.5 Å². The molecule has 3 heterocycles. The van der Waals surface area contributed by atoms with Crippen molar-refractivity contribution in [2.24, 2.45) is 0 Å². The third-order valence-corrected chi connectivity index (χ3v) is 6.40. The smallest absolute Gasteiger partial charge is 0.243 e. The van der Waals surface area contributed by atoms with Crippen molar-refractivity contribution in [1.82, 2.24) is 19.5 Å². The number of H-pyrrole nitrogens is 1. The van der Waals surface area contributed by atoms with Gasteiger partial charge in [-0.25, -0.2) is 17.8 Å². The van der Waals surface area contributed by atoms with Crippen LogP contribution in [0.25, 0.3) is 11.0 Å². The molecule has 1 N–H and O–H groups in total. The molecule has 2 aromatic heterocycles. The van der Waals surface area contributed by atoms with Crippen LogP contribution in [0.1, 0.15) is 16.7 Å². The zero-order valence-corrected chi connectivity index (χ0v) is 13.8. The van der Waals surface area contributed by atoms with Gasteiger partial charge in [-0.15, -0.1) is 0 Å². The zero-order valence-electron chi connectivity index (χ0n) is 13.0. The molecule has 0 saturated heterocycles. The Balaban J connectivity index is 1.73. The van der Waals surface area contributed by atoms with E-state index >= 15 is 0 Å². The first-order chi connectivity index (χ1) is 11.5. The Hall–Kier alpha value is -2.32. The lowest BCUT2D eigenvalue weighted by Gasteiger charge is -2.28. The summed E-state index contributed by atoms with van der Waals surface area (Å²) in [7, 11) is -3.68. The number of hydrogen-bond acceptors (Lipinski definition) is 4. The second-order valence-electron chi connectivity index (χ2n) is 5.89. The van der Waals surface area contributed by atoms with Crippen LogP contribution in [0.15, 0.2) is 35.5 Å². The number of pyridine rings is 1. The predicted molar refractivity (Wildman–Crippen MR) is 86.3 cm³/mol. The zero-order chi connectivity index (χ0) is 16.9. The van der Waals surface area contributed by atoms with Gasteiger partial charge in [0.25, 0.3) is 0 Å². The van der Waals surface area contributed by atoms with Crippen LogP contribution in [0.2, 0.25) is 0 Å². The highest BCUT2D eigenvalue weighted by molar-refractivity contribution is 7.89. The number of aromatic nitrogens is 3. The number of nitrogens with one attached hydrogen (secondary N) is 1. The second kappa shape index (κ2) is 5.35. The number of sulfonamides is 1. The van der Waals surface area contributed by atoms with E-state index in [0.717, 1.165) is 16.5 Å². The van der Waals surface area contributed by atoms with Gasteiger partial charge in [-0.3, -0.25) is 5.10 Å². The minimum absolute atomic E-state index is 0.143. The van der Waals surface area contributed by atoms with E-state index in [9.17, 15) is 12.8 Å². The second-order valence-corrected chi connectivity index (χ2v) is 7.80. The number of halogens is 1. The van der Waals surface area contributed by atoms with E-state index in [4.69, 9.17) is 0 Å². The normalized spacial score (nSPS) is 15.6. The van der Waals surface area contributed by atoms with Crippen LogP contribution in [0, 0.1) is 12.7 Å². The molecule has 1 aromatic carbocycles. The first kappa shape index (κ1) is 15.2. The van der Waals surface area contributed by atoms with E-state index < -0.39 is 15.8 Å². The molecule has 1 aliphatic heterocycles. The predicted octanol–water partition coefficient (Wildman–Crippen LogP) is 2.15. The van der Waals surface area contributed by atoms with Crippen molar-refractivity contribution in [3.8, 4) is 0 Å². The van der Waals surface area contributed by atoms with Crippen LogP contribution in [0.3, 0.4) is 0 Å². The van der Waals surface area contributed by atoms with Gasteiger partial charge in [-0.05, 0) is 48.2 Å². The highest BCUT2D eigenvalue weighted by Gasteiger charge is 2.30. The fourth-order valence-electron chi connectivity index (χ4n) is 3.18. The molecular formula is C16H15FN4O2S. The minimum Gasteiger partial charge on any atom is -0.261 e. The molecule has 0 saturated carbocycles. The molecule has 0 bridgehead atoms. The maximum Gasteiger partial charge on any atom is 0.243 e. The summed E-state index contributed by atoms with van der Waals surface area (Å²) in [6.45, 7) is 2.23. The number of hydrogen-bond donors (Lipinski definition) is 1. The summed E-state index contributed by atoms with van der Waals surface area (Å²) < 4.78 is 40.5. The third kappa shape index (κ3) is 2.30. The molecule has 0 unspecified atom stereocenters. The average Bonchev–Trinajstić information content (AvgIpc) is 3.03. The van der Waals surface area contributed by atoms with Gasteiger partial charge >= 0.3 is 0 Å². The summed E-state index contributed by atoms with van der Waals surface area (Å²) in [5.41, 5.74) is 3.07. The van der Waals surface area contributed by atoms with Gasteiger partial charge in [0.2, 0.25) is 10.0 Å². The lowest BCUT2D eigenvalue weighted by Crippen LogP contribution is -2.36. The van der Waals surface area contributed by atoms with Gasteiger partial charge in [0.1, 0.15) is 5.82 Å². The third-order valence-electron chi connectivity index (χ3n) is 4.39. The molecule has 0 radical (unpaired) electrons. The van der Waals surface area contributed by atoms with Crippen molar-refractivity contribution in [3.63, 3.8) is 0 Å². The fourth-order valence-corrected chi connectivity index (χ4v) is 4.80. The summed E-state index contributed by atoms with van der Waals surface area (Å²) in [6.07, 6.45) is 4.00. The van der Waals surface area contributed by atoms with Crippen molar-refractivity contribution in [2.45, 2.75) is 24.8 Å². The summed E-state index contributed by atoms with van der Waals surface area (Å²) in [6, 6.07) is 3.74. The molecule has 4 rings (SSSR count). The number of nitrogens with zero attached hydrogens (tertiary/aromatic N) is 3. The SMILES string of the molecule is Cc1cc(F)ccc1S(=O)(=O)N1CCc2c(cnc3[nH]ncc23)C1. The van der Waals surface area contributed by atoms with Crippen LogP contribution >= 0.6 is 0 Å². The lowest BCUT2D eigenvalue weighted by atomic mass is 10.0. The van der Waals surface area contributed by atoms with Crippen LogP contribution in [-0.2, 0) is 23.0 Å². The van der Waals surface area contributed by atoms with E-state index in [1.807, 2.05) is 0 Å².